The lowest BCUT2D eigenvalue weighted by molar-refractivity contribution is 0.205. The summed E-state index contributed by atoms with van der Waals surface area (Å²) in [5.74, 6) is 1.60. The summed E-state index contributed by atoms with van der Waals surface area (Å²) in [7, 11) is 1.73. The molecule has 1 aromatic heterocycles. The summed E-state index contributed by atoms with van der Waals surface area (Å²) in [4.78, 5) is 6.86. The first kappa shape index (κ1) is 14.0. The third-order valence-corrected chi connectivity index (χ3v) is 2.90. The van der Waals surface area contributed by atoms with Crippen LogP contribution in [0, 0.1) is 6.92 Å². The van der Waals surface area contributed by atoms with Gasteiger partial charge in [-0.15, -0.1) is 0 Å². The normalized spacial score (nSPS) is 10.9. The molecule has 0 aliphatic heterocycles. The molecule has 0 aliphatic carbocycles. The zero-order valence-electron chi connectivity index (χ0n) is 11.7. The molecular formula is C14H24N2O. The minimum absolute atomic E-state index is 0.539. The van der Waals surface area contributed by atoms with E-state index in [2.05, 4.69) is 49.7 Å². The highest BCUT2D eigenvalue weighted by atomic mass is 16.5. The molecule has 1 rings (SSSR count). The van der Waals surface area contributed by atoms with Gasteiger partial charge >= 0.3 is 0 Å². The van der Waals surface area contributed by atoms with Crippen molar-refractivity contribution in [2.24, 2.45) is 0 Å². The molecule has 0 fully saturated rings. The van der Waals surface area contributed by atoms with Crippen molar-refractivity contribution in [2.75, 3.05) is 31.7 Å². The van der Waals surface area contributed by atoms with Crippen LogP contribution in [0.3, 0.4) is 0 Å². The highest BCUT2D eigenvalue weighted by molar-refractivity contribution is 5.43. The van der Waals surface area contributed by atoms with Crippen molar-refractivity contribution in [2.45, 2.75) is 33.6 Å². The molecule has 0 bridgehead atoms. The van der Waals surface area contributed by atoms with Crippen molar-refractivity contribution in [1.29, 1.82) is 0 Å². The van der Waals surface area contributed by atoms with Crippen LogP contribution in [0.2, 0.25) is 0 Å². The molecule has 3 nitrogen and oxygen atoms in total. The fraction of sp³-hybridized carbons (Fsp3) is 0.643. The Morgan fingerprint density at radius 1 is 1.35 bits per heavy atom. The number of rotatable bonds is 6. The van der Waals surface area contributed by atoms with Gasteiger partial charge in [-0.25, -0.2) is 4.98 Å². The van der Waals surface area contributed by atoms with Crippen molar-refractivity contribution in [1.82, 2.24) is 4.98 Å². The van der Waals surface area contributed by atoms with Crippen LogP contribution < -0.4 is 4.90 Å². The number of aromatic nitrogens is 1. The Labute approximate surface area is 105 Å². The summed E-state index contributed by atoms with van der Waals surface area (Å²) in [6, 6.07) is 4.36. The van der Waals surface area contributed by atoms with Crippen molar-refractivity contribution < 1.29 is 4.74 Å². The van der Waals surface area contributed by atoms with Crippen LogP contribution >= 0.6 is 0 Å². The van der Waals surface area contributed by atoms with E-state index < -0.39 is 0 Å². The molecule has 0 aliphatic rings. The number of pyridine rings is 1. The Hall–Kier alpha value is -1.09. The van der Waals surface area contributed by atoms with Crippen LogP contribution in [-0.2, 0) is 4.74 Å². The number of anilines is 1. The highest BCUT2D eigenvalue weighted by Gasteiger charge is 2.09. The Kier molecular flexibility index (Phi) is 5.42. The summed E-state index contributed by atoms with van der Waals surface area (Å²) in [5, 5.41) is 0. The fourth-order valence-corrected chi connectivity index (χ4v) is 1.81. The SMILES string of the molecule is CCN(CCOC)c1cc(C(C)C)cc(C)n1. The molecule has 0 unspecified atom stereocenters. The van der Waals surface area contributed by atoms with Crippen LogP contribution in [0.15, 0.2) is 12.1 Å². The van der Waals surface area contributed by atoms with Gasteiger partial charge < -0.3 is 9.64 Å². The van der Waals surface area contributed by atoms with Gasteiger partial charge in [-0.05, 0) is 37.5 Å². The van der Waals surface area contributed by atoms with Crippen LogP contribution in [0.4, 0.5) is 5.82 Å². The lowest BCUT2D eigenvalue weighted by Gasteiger charge is -2.23. The predicted molar refractivity (Wildman–Crippen MR) is 72.8 cm³/mol. The van der Waals surface area contributed by atoms with E-state index in [9.17, 15) is 0 Å². The average Bonchev–Trinajstić information content (AvgIpc) is 2.29. The zero-order valence-corrected chi connectivity index (χ0v) is 11.7. The molecule has 0 spiro atoms. The summed E-state index contributed by atoms with van der Waals surface area (Å²) in [5.41, 5.74) is 2.44. The molecule has 3 heteroatoms. The van der Waals surface area contributed by atoms with E-state index in [4.69, 9.17) is 4.74 Å². The molecular weight excluding hydrogens is 212 g/mol. The van der Waals surface area contributed by atoms with Gasteiger partial charge in [-0.2, -0.15) is 0 Å². The molecule has 0 atom stereocenters. The van der Waals surface area contributed by atoms with E-state index in [1.54, 1.807) is 7.11 Å². The van der Waals surface area contributed by atoms with Crippen LogP contribution in [0.25, 0.3) is 0 Å². The van der Waals surface area contributed by atoms with Gasteiger partial charge in [-0.3, -0.25) is 0 Å². The molecule has 0 radical (unpaired) electrons. The first-order chi connectivity index (χ1) is 8.08. The summed E-state index contributed by atoms with van der Waals surface area (Å²) in [6.07, 6.45) is 0. The second kappa shape index (κ2) is 6.60. The zero-order chi connectivity index (χ0) is 12.8. The van der Waals surface area contributed by atoms with Crippen LogP contribution in [0.1, 0.15) is 37.9 Å². The lowest BCUT2D eigenvalue weighted by atomic mass is 10.0. The molecule has 0 saturated heterocycles. The van der Waals surface area contributed by atoms with Crippen molar-refractivity contribution in [3.63, 3.8) is 0 Å². The standard InChI is InChI=1S/C14H24N2O/c1-6-16(7-8-17-5)14-10-13(11(2)3)9-12(4)15-14/h9-11H,6-8H2,1-5H3. The Bertz CT molecular complexity index is 350. The van der Waals surface area contributed by atoms with E-state index >= 15 is 0 Å². The smallest absolute Gasteiger partial charge is 0.129 e. The van der Waals surface area contributed by atoms with E-state index in [0.717, 1.165) is 31.2 Å². The summed E-state index contributed by atoms with van der Waals surface area (Å²) < 4.78 is 5.13. The Morgan fingerprint density at radius 3 is 2.59 bits per heavy atom. The van der Waals surface area contributed by atoms with Gasteiger partial charge in [0.1, 0.15) is 5.82 Å². The molecule has 0 saturated carbocycles. The monoisotopic (exact) mass is 236 g/mol. The highest BCUT2D eigenvalue weighted by Crippen LogP contribution is 2.21. The molecule has 1 aromatic rings. The van der Waals surface area contributed by atoms with Crippen molar-refractivity contribution in [3.8, 4) is 0 Å². The first-order valence-electron chi connectivity index (χ1n) is 6.31. The van der Waals surface area contributed by atoms with Gasteiger partial charge in [0.15, 0.2) is 0 Å². The number of nitrogens with zero attached hydrogens (tertiary/aromatic N) is 2. The third kappa shape index (κ3) is 4.00. The maximum absolute atomic E-state index is 5.13. The van der Waals surface area contributed by atoms with Gasteiger partial charge in [0, 0.05) is 25.9 Å². The predicted octanol–water partition coefficient (Wildman–Crippen LogP) is 2.99. The number of aryl methyl sites for hydroxylation is 1. The Morgan fingerprint density at radius 2 is 2.06 bits per heavy atom. The lowest BCUT2D eigenvalue weighted by Crippen LogP contribution is -2.28. The molecule has 0 aromatic carbocycles. The fourth-order valence-electron chi connectivity index (χ4n) is 1.81. The van der Waals surface area contributed by atoms with E-state index in [-0.39, 0.29) is 0 Å². The largest absolute Gasteiger partial charge is 0.383 e. The minimum atomic E-state index is 0.539. The summed E-state index contributed by atoms with van der Waals surface area (Å²) >= 11 is 0. The first-order valence-corrected chi connectivity index (χ1v) is 6.31. The third-order valence-electron chi connectivity index (χ3n) is 2.90. The van der Waals surface area contributed by atoms with E-state index in [1.165, 1.54) is 5.56 Å². The quantitative estimate of drug-likeness (QED) is 0.759. The molecule has 0 N–H and O–H groups in total. The molecule has 1 heterocycles. The van der Waals surface area contributed by atoms with E-state index in [0.29, 0.717) is 5.92 Å². The van der Waals surface area contributed by atoms with Crippen molar-refractivity contribution in [3.05, 3.63) is 23.4 Å². The average molecular weight is 236 g/mol. The second-order valence-electron chi connectivity index (χ2n) is 4.63. The molecule has 17 heavy (non-hydrogen) atoms. The van der Waals surface area contributed by atoms with Crippen LogP contribution in [-0.4, -0.2) is 31.8 Å². The van der Waals surface area contributed by atoms with Gasteiger partial charge in [0.2, 0.25) is 0 Å². The second-order valence-corrected chi connectivity index (χ2v) is 4.63. The van der Waals surface area contributed by atoms with Gasteiger partial charge in [0.25, 0.3) is 0 Å². The Balaban J connectivity index is 2.94. The number of ether oxygens (including phenoxy) is 1. The number of hydrogen-bond acceptors (Lipinski definition) is 3. The molecule has 0 amide bonds. The number of methoxy groups -OCH3 is 1. The van der Waals surface area contributed by atoms with E-state index in [1.807, 2.05) is 0 Å². The maximum Gasteiger partial charge on any atom is 0.129 e. The summed E-state index contributed by atoms with van der Waals surface area (Å²) in [6.45, 7) is 11.2. The van der Waals surface area contributed by atoms with Crippen molar-refractivity contribution >= 4 is 5.82 Å². The minimum Gasteiger partial charge on any atom is -0.383 e. The van der Waals surface area contributed by atoms with Crippen LogP contribution in [0.5, 0.6) is 0 Å². The maximum atomic E-state index is 5.13. The molecule has 96 valence electrons. The number of likely N-dealkylation sites (N-methyl/N-ethyl adjacent to an activating group) is 1. The number of hydrogen-bond donors (Lipinski definition) is 0. The topological polar surface area (TPSA) is 25.4 Å². The van der Waals surface area contributed by atoms with Gasteiger partial charge in [-0.1, -0.05) is 13.8 Å². The van der Waals surface area contributed by atoms with Gasteiger partial charge in [0.05, 0.1) is 6.61 Å².